The molecule has 3 aliphatic heterocycles. The van der Waals surface area contributed by atoms with E-state index in [-0.39, 0.29) is 43.4 Å². The number of rotatable bonds is 10. The summed E-state index contributed by atoms with van der Waals surface area (Å²) in [6.07, 6.45) is 8.41. The van der Waals surface area contributed by atoms with Crippen LogP contribution in [0.15, 0.2) is 54.6 Å². The van der Waals surface area contributed by atoms with Gasteiger partial charge in [0.1, 0.15) is 18.1 Å². The number of thiazole rings is 1. The van der Waals surface area contributed by atoms with Gasteiger partial charge in [-0.15, -0.1) is 11.3 Å². The molecule has 4 aliphatic rings. The first-order chi connectivity index (χ1) is 31.7. The third-order valence-electron chi connectivity index (χ3n) is 14.1. The van der Waals surface area contributed by atoms with Crippen LogP contribution in [0.3, 0.4) is 0 Å². The van der Waals surface area contributed by atoms with Crippen molar-refractivity contribution in [2.45, 2.75) is 116 Å². The molecular weight excluding hydrogens is 857 g/mol. The van der Waals surface area contributed by atoms with Crippen molar-refractivity contribution >= 4 is 51.8 Å². The SMILES string of the molecule is C=CC(=O)N1CCC(C(=O)N(C)[C@H](C(=O)N[C@H]2Cc3nc(cs3)-c3ccc4c(c3)c(c(-c3cccnc3[C@H](C)OC)n4CC)CC(C)(C)COC(=O)[C@@H]3CCCN(N3)C2=O)C2CCCC2)C1. The molecule has 2 N–H and O–H groups in total. The Morgan fingerprint density at radius 2 is 1.91 bits per heavy atom. The molecule has 2 saturated heterocycles. The van der Waals surface area contributed by atoms with Gasteiger partial charge < -0.3 is 29.2 Å². The molecule has 1 saturated carbocycles. The van der Waals surface area contributed by atoms with Gasteiger partial charge in [0.15, 0.2) is 0 Å². The van der Waals surface area contributed by atoms with Crippen molar-refractivity contribution in [3.63, 3.8) is 0 Å². The van der Waals surface area contributed by atoms with Crippen LogP contribution in [0.5, 0.6) is 0 Å². The first-order valence-electron chi connectivity index (χ1n) is 23.5. The number of ether oxygens (including phenoxy) is 2. The second kappa shape index (κ2) is 19.8. The maximum Gasteiger partial charge on any atom is 0.324 e. The number of likely N-dealkylation sites (tertiary alicyclic amines) is 1. The second-order valence-corrected chi connectivity index (χ2v) is 20.1. The zero-order valence-corrected chi connectivity index (χ0v) is 40.0. The highest BCUT2D eigenvalue weighted by molar-refractivity contribution is 7.10. The van der Waals surface area contributed by atoms with E-state index in [0.717, 1.165) is 70.4 Å². The van der Waals surface area contributed by atoms with Crippen LogP contribution in [0.4, 0.5) is 0 Å². The molecule has 1 unspecified atom stereocenters. The van der Waals surface area contributed by atoms with Crippen LogP contribution in [-0.4, -0.2) is 117 Å². The molecule has 6 heterocycles. The van der Waals surface area contributed by atoms with Crippen molar-refractivity contribution in [3.05, 3.63) is 70.8 Å². The summed E-state index contributed by atoms with van der Waals surface area (Å²) >= 11 is 1.42. The van der Waals surface area contributed by atoms with Crippen LogP contribution >= 0.6 is 11.3 Å². The lowest BCUT2D eigenvalue weighted by Crippen LogP contribution is -2.62. The Morgan fingerprint density at radius 3 is 2.65 bits per heavy atom. The summed E-state index contributed by atoms with van der Waals surface area (Å²) < 4.78 is 14.3. The number of likely N-dealkylation sites (N-methyl/N-ethyl adjacent to an activating group) is 1. The predicted octanol–water partition coefficient (Wildman–Crippen LogP) is 6.25. The maximum atomic E-state index is 14.8. The number of amides is 4. The van der Waals surface area contributed by atoms with Crippen LogP contribution in [0.1, 0.15) is 95.0 Å². The van der Waals surface area contributed by atoms with E-state index in [4.69, 9.17) is 19.4 Å². The van der Waals surface area contributed by atoms with Crippen LogP contribution < -0.4 is 10.7 Å². The molecule has 6 bridgehead atoms. The highest BCUT2D eigenvalue weighted by Gasteiger charge is 2.42. The molecular formula is C50H64N8O7S. The van der Waals surface area contributed by atoms with Gasteiger partial charge in [-0.2, -0.15) is 0 Å². The van der Waals surface area contributed by atoms with E-state index in [0.29, 0.717) is 50.3 Å². The number of pyridine rings is 1. The molecule has 8 rings (SSSR count). The number of cyclic esters (lactones) is 1. The van der Waals surface area contributed by atoms with E-state index in [9.17, 15) is 24.0 Å². The monoisotopic (exact) mass is 920 g/mol. The number of fused-ring (bicyclic) bond motifs is 6. The summed E-state index contributed by atoms with van der Waals surface area (Å²) in [6, 6.07) is 7.79. The molecule has 16 heteroatoms. The quantitative estimate of drug-likeness (QED) is 0.137. The van der Waals surface area contributed by atoms with Gasteiger partial charge in [-0.05, 0) is 94.2 Å². The Balaban J connectivity index is 1.17. The zero-order chi connectivity index (χ0) is 46.9. The highest BCUT2D eigenvalue weighted by atomic mass is 32.1. The smallest absolute Gasteiger partial charge is 0.324 e. The van der Waals surface area contributed by atoms with Crippen molar-refractivity contribution in [2.24, 2.45) is 17.3 Å². The molecule has 4 amide bonds. The topological polar surface area (TPSA) is 168 Å². The Labute approximate surface area is 391 Å². The molecule has 15 nitrogen and oxygen atoms in total. The molecule has 3 fully saturated rings. The summed E-state index contributed by atoms with van der Waals surface area (Å²) in [6.45, 7) is 13.8. The van der Waals surface area contributed by atoms with Gasteiger partial charge in [-0.3, -0.25) is 34.0 Å². The number of carbonyl (C=O) groups is 5. The largest absolute Gasteiger partial charge is 0.464 e. The third kappa shape index (κ3) is 9.54. The third-order valence-corrected chi connectivity index (χ3v) is 14.9. The number of hydrogen-bond donors (Lipinski definition) is 2. The van der Waals surface area contributed by atoms with Gasteiger partial charge in [0, 0.05) is 85.8 Å². The van der Waals surface area contributed by atoms with Gasteiger partial charge in [0.2, 0.25) is 17.7 Å². The van der Waals surface area contributed by atoms with Crippen molar-refractivity contribution < 1.29 is 33.4 Å². The Kier molecular flexibility index (Phi) is 14.1. The van der Waals surface area contributed by atoms with Crippen LogP contribution in [0, 0.1) is 17.3 Å². The Hall–Kier alpha value is -5.45. The second-order valence-electron chi connectivity index (χ2n) is 19.2. The average molecular weight is 921 g/mol. The highest BCUT2D eigenvalue weighted by Crippen LogP contribution is 2.42. The van der Waals surface area contributed by atoms with Crippen molar-refractivity contribution in [1.29, 1.82) is 0 Å². The van der Waals surface area contributed by atoms with Gasteiger partial charge in [0.25, 0.3) is 5.91 Å². The number of hydrazine groups is 1. The summed E-state index contributed by atoms with van der Waals surface area (Å²) in [5.74, 6) is -2.22. The number of nitrogens with zero attached hydrogens (tertiary/aromatic N) is 6. The molecule has 0 spiro atoms. The summed E-state index contributed by atoms with van der Waals surface area (Å²) in [7, 11) is 3.35. The van der Waals surface area contributed by atoms with Crippen LogP contribution in [0.25, 0.3) is 33.4 Å². The molecule has 4 aromatic rings. The lowest BCUT2D eigenvalue weighted by atomic mass is 9.84. The number of aryl methyl sites for hydroxylation is 1. The molecule has 1 aliphatic carbocycles. The van der Waals surface area contributed by atoms with E-state index in [2.05, 4.69) is 66.9 Å². The predicted molar refractivity (Wildman–Crippen MR) is 253 cm³/mol. The molecule has 3 aromatic heterocycles. The Morgan fingerprint density at radius 1 is 1.12 bits per heavy atom. The van der Waals surface area contributed by atoms with Crippen LogP contribution in [0.2, 0.25) is 0 Å². The fourth-order valence-electron chi connectivity index (χ4n) is 10.5. The summed E-state index contributed by atoms with van der Waals surface area (Å²) in [4.78, 5) is 83.0. The standard InChI is InChI=1S/C50H64N8O7S/c1-8-42(59)56-23-20-33(27-56)47(61)55(6)44(31-14-10-11-15-31)46(60)53-38-25-41-52-39(28-66-41)32-18-19-40-35(24-32)36(45(57(40)9-2)34-16-12-21-51-43(34)30(3)64-7)26-50(4,5)29-65-49(63)37-17-13-22-58(54-37)48(38)62/h8,12,16,18-19,21,24,28,30-31,33,37-38,44,54H,1,9-11,13-15,17,20,22-23,25-27,29H2,2-7H3,(H,53,60)/t30-,33?,37-,38-,44-/m0/s1. The molecule has 352 valence electrons. The molecule has 5 atom stereocenters. The van der Waals surface area contributed by atoms with Crippen molar-refractivity contribution in [3.8, 4) is 22.5 Å². The number of hydrogen-bond acceptors (Lipinski definition) is 11. The molecule has 0 radical (unpaired) electrons. The van der Waals surface area contributed by atoms with Crippen molar-refractivity contribution in [1.82, 2.24) is 40.1 Å². The maximum absolute atomic E-state index is 14.8. The van der Waals surface area contributed by atoms with E-state index in [1.54, 1.807) is 30.2 Å². The minimum atomic E-state index is -1.06. The van der Waals surface area contributed by atoms with E-state index in [1.165, 1.54) is 22.4 Å². The van der Waals surface area contributed by atoms with Crippen LogP contribution in [-0.2, 0) is 52.8 Å². The zero-order valence-electron chi connectivity index (χ0n) is 39.1. The van der Waals surface area contributed by atoms with Gasteiger partial charge >= 0.3 is 5.97 Å². The number of methoxy groups -OCH3 is 1. The molecule has 66 heavy (non-hydrogen) atoms. The number of aromatic nitrogens is 3. The minimum Gasteiger partial charge on any atom is -0.464 e. The summed E-state index contributed by atoms with van der Waals surface area (Å²) in [5.41, 5.74) is 9.34. The van der Waals surface area contributed by atoms with Crippen molar-refractivity contribution in [2.75, 3.05) is 40.4 Å². The molecule has 1 aromatic carbocycles. The van der Waals surface area contributed by atoms with E-state index < -0.39 is 47.2 Å². The van der Waals surface area contributed by atoms with E-state index >= 15 is 0 Å². The fraction of sp³-hybridized carbons (Fsp3) is 0.540. The number of carbonyl (C=O) groups excluding carboxylic acids is 5. The Bertz CT molecular complexity index is 2490. The summed E-state index contributed by atoms with van der Waals surface area (Å²) in [5, 5.41) is 8.25. The number of benzene rings is 1. The first-order valence-corrected chi connectivity index (χ1v) is 24.4. The van der Waals surface area contributed by atoms with Gasteiger partial charge in [-0.1, -0.05) is 39.3 Å². The van der Waals surface area contributed by atoms with Gasteiger partial charge in [-0.25, -0.2) is 10.4 Å². The average Bonchev–Trinajstić information content (AvgIpc) is 4.17. The van der Waals surface area contributed by atoms with Gasteiger partial charge in [0.05, 0.1) is 40.7 Å². The lowest BCUT2D eigenvalue weighted by molar-refractivity contribution is -0.155. The minimum absolute atomic E-state index is 0.0956. The first kappa shape index (κ1) is 47.1. The fourth-order valence-corrected chi connectivity index (χ4v) is 11.4. The normalized spacial score (nSPS) is 22.4. The van der Waals surface area contributed by atoms with E-state index in [1.807, 2.05) is 18.4 Å². The number of nitrogens with one attached hydrogen (secondary N) is 2. The number of esters is 1. The lowest BCUT2D eigenvalue weighted by Gasteiger charge is -2.37.